The second-order valence-electron chi connectivity index (χ2n) is 8.97. The molecule has 0 fully saturated rings. The van der Waals surface area contributed by atoms with Gasteiger partial charge in [0.1, 0.15) is 0 Å². The molecule has 2 atom stereocenters. The van der Waals surface area contributed by atoms with Gasteiger partial charge in [0, 0.05) is 12.4 Å². The third-order valence-electron chi connectivity index (χ3n) is 5.66. The van der Waals surface area contributed by atoms with Gasteiger partial charge in [-0.15, -0.1) is 24.9 Å². The molecule has 0 rings (SSSR count). The Morgan fingerprint density at radius 1 is 0.629 bits per heavy atom. The highest BCUT2D eigenvalue weighted by Crippen LogP contribution is 2.18. The van der Waals surface area contributed by atoms with Gasteiger partial charge in [0.25, 0.3) is 11.8 Å². The minimum absolute atomic E-state index is 0.193. The molecule has 0 bridgehead atoms. The summed E-state index contributed by atoms with van der Waals surface area (Å²) in [6.45, 7) is 11.1. The molecule has 0 unspecified atom stereocenters. The first-order chi connectivity index (χ1) is 17.0. The van der Waals surface area contributed by atoms with Gasteiger partial charge in [-0.3, -0.25) is 9.59 Å². The quantitative estimate of drug-likeness (QED) is 0.0623. The van der Waals surface area contributed by atoms with Crippen LogP contribution in [0, 0.1) is 0 Å². The zero-order chi connectivity index (χ0) is 26.0. The lowest BCUT2D eigenvalue weighted by Gasteiger charge is -2.14. The Labute approximate surface area is 218 Å². The molecule has 0 spiro atoms. The van der Waals surface area contributed by atoms with Crippen LogP contribution < -0.4 is 10.9 Å². The fourth-order valence-corrected chi connectivity index (χ4v) is 4.39. The molecule has 6 nitrogen and oxygen atoms in total. The van der Waals surface area contributed by atoms with Gasteiger partial charge in [0.2, 0.25) is 0 Å². The molecular weight excluding hydrogens is 456 g/mol. The van der Waals surface area contributed by atoms with Gasteiger partial charge >= 0.3 is 0 Å². The highest BCUT2D eigenvalue weighted by molar-refractivity contribution is 8.01. The van der Waals surface area contributed by atoms with Crippen molar-refractivity contribution in [1.82, 2.24) is 10.9 Å². The topological polar surface area (TPSA) is 82.9 Å². The highest BCUT2D eigenvalue weighted by Gasteiger charge is 2.21. The first-order valence-corrected chi connectivity index (χ1v) is 14.5. The van der Waals surface area contributed by atoms with Gasteiger partial charge < -0.3 is 0 Å². The van der Waals surface area contributed by atoms with Gasteiger partial charge in [-0.2, -0.15) is 10.2 Å². The maximum atomic E-state index is 12.2. The fourth-order valence-electron chi connectivity index (χ4n) is 3.42. The number of hydrogen-bond acceptors (Lipinski definition) is 5. The largest absolute Gasteiger partial charge is 0.272 e. The fraction of sp³-hybridized carbons (Fsp3) is 0.714. The predicted octanol–water partition coefficient (Wildman–Crippen LogP) is 7.31. The molecule has 2 N–H and O–H groups in total. The number of unbranched alkanes of at least 4 members (excludes halogenated alkanes) is 14. The minimum atomic E-state index is -0.376. The van der Waals surface area contributed by atoms with Crippen molar-refractivity contribution in [3.05, 3.63) is 25.3 Å². The number of rotatable bonds is 24. The molecule has 0 radical (unpaired) electrons. The molecular formula is C28H50N4O2S. The molecule has 0 aliphatic heterocycles. The zero-order valence-corrected chi connectivity index (χ0v) is 23.1. The third-order valence-corrected chi connectivity index (χ3v) is 6.91. The summed E-state index contributed by atoms with van der Waals surface area (Å²) in [5.74, 6) is -0.387. The normalized spacial score (nSPS) is 13.1. The van der Waals surface area contributed by atoms with E-state index >= 15 is 0 Å². The van der Waals surface area contributed by atoms with Crippen molar-refractivity contribution < 1.29 is 9.59 Å². The van der Waals surface area contributed by atoms with E-state index in [2.05, 4.69) is 34.2 Å². The second kappa shape index (κ2) is 25.2. The Morgan fingerprint density at radius 3 is 1.29 bits per heavy atom. The first-order valence-electron chi connectivity index (χ1n) is 13.5. The van der Waals surface area contributed by atoms with Crippen LogP contribution >= 0.6 is 11.8 Å². The number of allylic oxidation sites excluding steroid dienone is 2. The summed E-state index contributed by atoms with van der Waals surface area (Å²) in [4.78, 5) is 24.4. The molecule has 200 valence electrons. The Kier molecular flexibility index (Phi) is 23.8. The SMILES string of the molecule is C=CCCCCCCCC/C=N/NC(=O)[C@H](C)S[C@@H](C)C(=O)N/N=C/CCCCCCCCC=C. The Balaban J connectivity index is 3.79. The Bertz CT molecular complexity index is 570. The van der Waals surface area contributed by atoms with Crippen LogP contribution in [-0.4, -0.2) is 34.7 Å². The number of thioether (sulfide) groups is 1. The van der Waals surface area contributed by atoms with E-state index in [0.717, 1.165) is 38.5 Å². The monoisotopic (exact) mass is 506 g/mol. The van der Waals surface area contributed by atoms with Crippen LogP contribution in [0.1, 0.15) is 117 Å². The summed E-state index contributed by atoms with van der Waals surface area (Å²) >= 11 is 1.30. The van der Waals surface area contributed by atoms with Crippen LogP contribution in [0.5, 0.6) is 0 Å². The number of carbonyl (C=O) groups excluding carboxylic acids is 2. The Hall–Kier alpha value is -1.89. The lowest BCUT2D eigenvalue weighted by molar-refractivity contribution is -0.120. The molecule has 2 amide bonds. The second-order valence-corrected chi connectivity index (χ2v) is 10.7. The van der Waals surface area contributed by atoms with Gasteiger partial charge in [0.15, 0.2) is 0 Å². The van der Waals surface area contributed by atoms with Crippen molar-refractivity contribution in [2.24, 2.45) is 10.2 Å². The van der Waals surface area contributed by atoms with E-state index in [1.807, 2.05) is 12.2 Å². The molecule has 0 saturated heterocycles. The molecule has 0 aromatic carbocycles. The van der Waals surface area contributed by atoms with Crippen molar-refractivity contribution in [2.75, 3.05) is 0 Å². The summed E-state index contributed by atoms with van der Waals surface area (Å²) in [6.07, 6.45) is 26.0. The predicted molar refractivity (Wildman–Crippen MR) is 154 cm³/mol. The zero-order valence-electron chi connectivity index (χ0n) is 22.3. The van der Waals surface area contributed by atoms with Crippen LogP contribution in [0.2, 0.25) is 0 Å². The molecule has 0 aliphatic rings. The average Bonchev–Trinajstić information content (AvgIpc) is 2.85. The number of hydrazone groups is 2. The van der Waals surface area contributed by atoms with Crippen LogP contribution in [-0.2, 0) is 9.59 Å². The van der Waals surface area contributed by atoms with Crippen molar-refractivity contribution in [1.29, 1.82) is 0 Å². The third kappa shape index (κ3) is 22.3. The van der Waals surface area contributed by atoms with E-state index in [9.17, 15) is 9.59 Å². The number of nitrogens with one attached hydrogen (secondary N) is 2. The van der Waals surface area contributed by atoms with Crippen LogP contribution in [0.3, 0.4) is 0 Å². The molecule has 0 aromatic rings. The molecule has 0 aliphatic carbocycles. The van der Waals surface area contributed by atoms with Crippen molar-refractivity contribution >= 4 is 36.0 Å². The van der Waals surface area contributed by atoms with Crippen molar-refractivity contribution in [3.8, 4) is 0 Å². The summed E-state index contributed by atoms with van der Waals surface area (Å²) in [5.41, 5.74) is 5.15. The average molecular weight is 507 g/mol. The number of carbonyl (C=O) groups is 2. The van der Waals surface area contributed by atoms with E-state index in [-0.39, 0.29) is 22.3 Å². The van der Waals surface area contributed by atoms with E-state index in [0.29, 0.717) is 0 Å². The van der Waals surface area contributed by atoms with E-state index in [1.165, 1.54) is 76.0 Å². The smallest absolute Gasteiger partial charge is 0.252 e. The van der Waals surface area contributed by atoms with Crippen LogP contribution in [0.25, 0.3) is 0 Å². The lowest BCUT2D eigenvalue weighted by Crippen LogP contribution is -2.33. The maximum absolute atomic E-state index is 12.2. The van der Waals surface area contributed by atoms with Crippen molar-refractivity contribution in [3.63, 3.8) is 0 Å². The first kappa shape index (κ1) is 33.1. The van der Waals surface area contributed by atoms with Crippen LogP contribution in [0.4, 0.5) is 0 Å². The molecule has 35 heavy (non-hydrogen) atoms. The van der Waals surface area contributed by atoms with Gasteiger partial charge in [-0.1, -0.05) is 63.5 Å². The molecule has 0 saturated carbocycles. The molecule has 7 heteroatoms. The van der Waals surface area contributed by atoms with Gasteiger partial charge in [-0.25, -0.2) is 10.9 Å². The van der Waals surface area contributed by atoms with E-state index in [4.69, 9.17) is 0 Å². The van der Waals surface area contributed by atoms with Crippen molar-refractivity contribution in [2.45, 2.75) is 127 Å². The van der Waals surface area contributed by atoms with Gasteiger partial charge in [-0.05, 0) is 65.2 Å². The lowest BCUT2D eigenvalue weighted by atomic mass is 10.1. The van der Waals surface area contributed by atoms with E-state index in [1.54, 1.807) is 26.3 Å². The summed E-state index contributed by atoms with van der Waals surface area (Å²) in [7, 11) is 0. The summed E-state index contributed by atoms with van der Waals surface area (Å²) in [6, 6.07) is 0. The summed E-state index contributed by atoms with van der Waals surface area (Å²) < 4.78 is 0. The Morgan fingerprint density at radius 2 is 0.943 bits per heavy atom. The minimum Gasteiger partial charge on any atom is -0.272 e. The van der Waals surface area contributed by atoms with Crippen LogP contribution in [0.15, 0.2) is 35.5 Å². The van der Waals surface area contributed by atoms with E-state index < -0.39 is 0 Å². The van der Waals surface area contributed by atoms with Gasteiger partial charge in [0.05, 0.1) is 10.5 Å². The number of amides is 2. The number of nitrogens with zero attached hydrogens (tertiary/aromatic N) is 2. The molecule has 0 heterocycles. The summed E-state index contributed by atoms with van der Waals surface area (Å²) in [5, 5.41) is 7.32. The maximum Gasteiger partial charge on any atom is 0.252 e. The molecule has 0 aromatic heterocycles. The number of hydrogen-bond donors (Lipinski definition) is 2. The highest BCUT2D eigenvalue weighted by atomic mass is 32.2. The standard InChI is InChI=1S/C28H50N4O2S/c1-5-7-9-11-13-15-17-19-21-23-29-31-27(33)25(3)35-26(4)28(34)32-30-24-22-20-18-16-14-12-10-8-6-2/h5-6,23-26H,1-2,7-22H2,3-4H3,(H,31,33)(H,32,34)/b29-23+,30-24+/t25-,26-/m0/s1.